The minimum absolute atomic E-state index is 0.161. The molecule has 0 spiro atoms. The summed E-state index contributed by atoms with van der Waals surface area (Å²) in [6.07, 6.45) is 7.84. The highest BCUT2D eigenvalue weighted by molar-refractivity contribution is 5.86. The molecule has 0 aliphatic carbocycles. The van der Waals surface area contributed by atoms with Gasteiger partial charge in [0.25, 0.3) is 0 Å². The number of amides is 2. The van der Waals surface area contributed by atoms with E-state index in [9.17, 15) is 4.79 Å². The van der Waals surface area contributed by atoms with Crippen molar-refractivity contribution in [3.63, 3.8) is 0 Å². The third-order valence-corrected chi connectivity index (χ3v) is 1.32. The zero-order valence-electron chi connectivity index (χ0n) is 7.15. The van der Waals surface area contributed by atoms with Crippen molar-refractivity contribution in [3.05, 3.63) is 12.5 Å². The lowest BCUT2D eigenvalue weighted by Crippen LogP contribution is -2.31. The van der Waals surface area contributed by atoms with Crippen molar-refractivity contribution in [1.29, 1.82) is 0 Å². The molecule has 0 bridgehead atoms. The van der Waals surface area contributed by atoms with Crippen LogP contribution in [0.4, 0.5) is 10.8 Å². The summed E-state index contributed by atoms with van der Waals surface area (Å²) in [5, 5.41) is 2.42. The first-order valence-corrected chi connectivity index (χ1v) is 3.59. The summed E-state index contributed by atoms with van der Waals surface area (Å²) in [4.78, 5) is 16.3. The molecule has 1 N–H and O–H groups in total. The standard InChI is InChI=1S/C8H9N3O2/c1-3-5-11(2)8(12)10-7-9-4-6-13-7/h1,4,6H,5H2,2H3,(H,9,10,12). The van der Waals surface area contributed by atoms with Crippen LogP contribution in [0.3, 0.4) is 0 Å². The number of anilines is 1. The predicted molar refractivity (Wildman–Crippen MR) is 47.0 cm³/mol. The minimum Gasteiger partial charge on any atom is -0.432 e. The molecule has 1 aromatic rings. The van der Waals surface area contributed by atoms with Crippen LogP contribution in [-0.4, -0.2) is 29.5 Å². The average Bonchev–Trinajstić information content (AvgIpc) is 2.57. The van der Waals surface area contributed by atoms with Gasteiger partial charge in [0.1, 0.15) is 6.26 Å². The lowest BCUT2D eigenvalue weighted by molar-refractivity contribution is 0.226. The molecule has 2 amide bonds. The summed E-state index contributed by atoms with van der Waals surface area (Å²) in [5.41, 5.74) is 0. The molecule has 0 atom stereocenters. The van der Waals surface area contributed by atoms with E-state index in [0.717, 1.165) is 0 Å². The van der Waals surface area contributed by atoms with Crippen LogP contribution in [-0.2, 0) is 0 Å². The second kappa shape index (κ2) is 4.16. The van der Waals surface area contributed by atoms with Crippen molar-refractivity contribution in [2.75, 3.05) is 18.9 Å². The Bertz CT molecular complexity index is 313. The van der Waals surface area contributed by atoms with Crippen molar-refractivity contribution in [1.82, 2.24) is 9.88 Å². The van der Waals surface area contributed by atoms with Crippen molar-refractivity contribution >= 4 is 12.0 Å². The van der Waals surface area contributed by atoms with Crippen LogP contribution in [0.25, 0.3) is 0 Å². The normalized spacial score (nSPS) is 8.92. The molecule has 0 saturated heterocycles. The van der Waals surface area contributed by atoms with Gasteiger partial charge >= 0.3 is 12.0 Å². The molecule has 0 aromatic carbocycles. The van der Waals surface area contributed by atoms with Crippen molar-refractivity contribution in [2.45, 2.75) is 0 Å². The highest BCUT2D eigenvalue weighted by Crippen LogP contribution is 2.01. The van der Waals surface area contributed by atoms with Gasteiger partial charge in [0.2, 0.25) is 0 Å². The third-order valence-electron chi connectivity index (χ3n) is 1.32. The molecule has 68 valence electrons. The Morgan fingerprint density at radius 1 is 1.92 bits per heavy atom. The fraction of sp³-hybridized carbons (Fsp3) is 0.250. The van der Waals surface area contributed by atoms with Crippen LogP contribution in [0.1, 0.15) is 0 Å². The summed E-state index contributed by atoms with van der Waals surface area (Å²) in [7, 11) is 1.58. The summed E-state index contributed by atoms with van der Waals surface area (Å²) < 4.78 is 4.81. The molecule has 1 heterocycles. The van der Waals surface area contributed by atoms with Gasteiger partial charge in [0.15, 0.2) is 0 Å². The van der Waals surface area contributed by atoms with Crippen LogP contribution < -0.4 is 5.32 Å². The van der Waals surface area contributed by atoms with Crippen LogP contribution >= 0.6 is 0 Å². The van der Waals surface area contributed by atoms with Gasteiger partial charge in [-0.2, -0.15) is 0 Å². The van der Waals surface area contributed by atoms with E-state index in [0.29, 0.717) is 0 Å². The number of hydrogen-bond donors (Lipinski definition) is 1. The fourth-order valence-corrected chi connectivity index (χ4v) is 0.681. The van der Waals surface area contributed by atoms with Gasteiger partial charge in [0.05, 0.1) is 12.7 Å². The largest absolute Gasteiger partial charge is 0.432 e. The number of nitrogens with one attached hydrogen (secondary N) is 1. The average molecular weight is 179 g/mol. The molecule has 0 radical (unpaired) electrons. The highest BCUT2D eigenvalue weighted by atomic mass is 16.4. The highest BCUT2D eigenvalue weighted by Gasteiger charge is 2.08. The van der Waals surface area contributed by atoms with E-state index in [-0.39, 0.29) is 18.6 Å². The maximum absolute atomic E-state index is 11.2. The van der Waals surface area contributed by atoms with E-state index in [1.165, 1.54) is 17.4 Å². The maximum atomic E-state index is 11.2. The van der Waals surface area contributed by atoms with Gasteiger partial charge in [-0.25, -0.2) is 9.78 Å². The fourth-order valence-electron chi connectivity index (χ4n) is 0.681. The number of terminal acetylenes is 1. The zero-order chi connectivity index (χ0) is 9.68. The number of nitrogens with zero attached hydrogens (tertiary/aromatic N) is 2. The van der Waals surface area contributed by atoms with Crippen LogP contribution in [0.2, 0.25) is 0 Å². The van der Waals surface area contributed by atoms with Gasteiger partial charge in [-0.05, 0) is 0 Å². The molecule has 0 saturated carbocycles. The Morgan fingerprint density at radius 3 is 3.23 bits per heavy atom. The molecule has 0 aliphatic heterocycles. The molecular formula is C8H9N3O2. The molecule has 1 rings (SSSR count). The summed E-state index contributed by atoms with van der Waals surface area (Å²) >= 11 is 0. The van der Waals surface area contributed by atoms with E-state index in [2.05, 4.69) is 16.2 Å². The van der Waals surface area contributed by atoms with Crippen molar-refractivity contribution in [2.24, 2.45) is 0 Å². The van der Waals surface area contributed by atoms with Gasteiger partial charge in [-0.1, -0.05) is 5.92 Å². The Balaban J connectivity index is 2.47. The SMILES string of the molecule is C#CCN(C)C(=O)Nc1ncco1. The molecule has 0 fully saturated rings. The topological polar surface area (TPSA) is 58.4 Å². The van der Waals surface area contributed by atoms with E-state index >= 15 is 0 Å². The Kier molecular flexibility index (Phi) is 2.92. The molecule has 5 nitrogen and oxygen atoms in total. The third kappa shape index (κ3) is 2.52. The number of aromatic nitrogens is 1. The second-order valence-corrected chi connectivity index (χ2v) is 2.33. The lowest BCUT2D eigenvalue weighted by atomic mass is 10.6. The van der Waals surface area contributed by atoms with E-state index in [1.807, 2.05) is 0 Å². The number of rotatable bonds is 2. The number of carbonyl (C=O) groups is 1. The quantitative estimate of drug-likeness (QED) is 0.682. The van der Waals surface area contributed by atoms with Gasteiger partial charge < -0.3 is 9.32 Å². The van der Waals surface area contributed by atoms with Crippen molar-refractivity contribution < 1.29 is 9.21 Å². The van der Waals surface area contributed by atoms with Crippen molar-refractivity contribution in [3.8, 4) is 12.3 Å². The molecule has 0 aliphatic rings. The molecule has 1 aromatic heterocycles. The Labute approximate surface area is 75.7 Å². The zero-order valence-corrected chi connectivity index (χ0v) is 7.15. The monoisotopic (exact) mass is 179 g/mol. The van der Waals surface area contributed by atoms with Gasteiger partial charge in [-0.15, -0.1) is 6.42 Å². The van der Waals surface area contributed by atoms with Crippen LogP contribution in [0.5, 0.6) is 0 Å². The number of oxazole rings is 1. The summed E-state index contributed by atoms with van der Waals surface area (Å²) in [6.45, 7) is 0.243. The summed E-state index contributed by atoms with van der Waals surface area (Å²) in [5.74, 6) is 2.34. The first kappa shape index (κ1) is 9.13. The first-order chi connectivity index (χ1) is 6.24. The van der Waals surface area contributed by atoms with E-state index in [1.54, 1.807) is 7.05 Å². The minimum atomic E-state index is -0.347. The summed E-state index contributed by atoms with van der Waals surface area (Å²) in [6, 6.07) is -0.186. The Morgan fingerprint density at radius 2 is 2.69 bits per heavy atom. The molecular weight excluding hydrogens is 170 g/mol. The van der Waals surface area contributed by atoms with E-state index in [4.69, 9.17) is 10.8 Å². The lowest BCUT2D eigenvalue weighted by Gasteiger charge is -2.12. The predicted octanol–water partition coefficient (Wildman–Crippen LogP) is 0.772. The number of hydrogen-bond acceptors (Lipinski definition) is 3. The molecule has 0 unspecified atom stereocenters. The van der Waals surface area contributed by atoms with E-state index < -0.39 is 0 Å². The Hall–Kier alpha value is -1.96. The van der Waals surface area contributed by atoms with Gasteiger partial charge in [0, 0.05) is 7.05 Å². The smallest absolute Gasteiger partial charge is 0.325 e. The number of carbonyl (C=O) groups excluding carboxylic acids is 1. The van der Waals surface area contributed by atoms with Gasteiger partial charge in [-0.3, -0.25) is 5.32 Å². The molecule has 5 heteroatoms. The number of urea groups is 1. The van der Waals surface area contributed by atoms with Crippen LogP contribution in [0.15, 0.2) is 16.9 Å². The molecule has 13 heavy (non-hydrogen) atoms. The maximum Gasteiger partial charge on any atom is 0.325 e. The first-order valence-electron chi connectivity index (χ1n) is 3.59. The second-order valence-electron chi connectivity index (χ2n) is 2.33. The van der Waals surface area contributed by atoms with Crippen LogP contribution in [0, 0.1) is 12.3 Å².